The number of carbonyl (C=O) groups excluding carboxylic acids is 1. The summed E-state index contributed by atoms with van der Waals surface area (Å²) >= 11 is 0. The standard InChI is InChI=1S/C10H22N2O3/c1-8(2)11-5-4-9(15)12-10(3,6-13)7-14/h8,11,13-14H,4-7H2,1-3H3,(H,12,15). The van der Waals surface area contributed by atoms with Crippen molar-refractivity contribution in [3.63, 3.8) is 0 Å². The first-order valence-electron chi connectivity index (χ1n) is 5.19. The number of aliphatic hydroxyl groups is 2. The highest BCUT2D eigenvalue weighted by Gasteiger charge is 2.23. The summed E-state index contributed by atoms with van der Waals surface area (Å²) in [6, 6.07) is 0.347. The molecule has 0 saturated heterocycles. The van der Waals surface area contributed by atoms with Gasteiger partial charge in [-0.25, -0.2) is 0 Å². The van der Waals surface area contributed by atoms with Crippen LogP contribution >= 0.6 is 0 Å². The van der Waals surface area contributed by atoms with Crippen molar-refractivity contribution in [2.24, 2.45) is 0 Å². The van der Waals surface area contributed by atoms with Gasteiger partial charge in [-0.3, -0.25) is 4.79 Å². The number of hydrogen-bond donors (Lipinski definition) is 4. The predicted molar refractivity (Wildman–Crippen MR) is 58.5 cm³/mol. The van der Waals surface area contributed by atoms with Crippen LogP contribution in [0, 0.1) is 0 Å². The van der Waals surface area contributed by atoms with E-state index in [1.54, 1.807) is 6.92 Å². The normalized spacial score (nSPS) is 11.9. The molecule has 90 valence electrons. The van der Waals surface area contributed by atoms with Crippen molar-refractivity contribution in [3.8, 4) is 0 Å². The minimum absolute atomic E-state index is 0.172. The van der Waals surface area contributed by atoms with E-state index in [2.05, 4.69) is 10.6 Å². The molecule has 0 spiro atoms. The van der Waals surface area contributed by atoms with Crippen molar-refractivity contribution < 1.29 is 15.0 Å². The predicted octanol–water partition coefficient (Wildman–Crippen LogP) is -0.766. The maximum Gasteiger partial charge on any atom is 0.221 e. The van der Waals surface area contributed by atoms with Crippen molar-refractivity contribution in [3.05, 3.63) is 0 Å². The molecule has 0 fully saturated rings. The van der Waals surface area contributed by atoms with Crippen LogP contribution in [0.3, 0.4) is 0 Å². The number of amides is 1. The highest BCUT2D eigenvalue weighted by Crippen LogP contribution is 2.00. The molecule has 0 unspecified atom stereocenters. The summed E-state index contributed by atoms with van der Waals surface area (Å²) in [4.78, 5) is 11.4. The number of rotatable bonds is 7. The van der Waals surface area contributed by atoms with E-state index < -0.39 is 5.54 Å². The summed E-state index contributed by atoms with van der Waals surface area (Å²) in [5, 5.41) is 23.6. The Morgan fingerprint density at radius 3 is 2.27 bits per heavy atom. The Labute approximate surface area is 90.9 Å². The molecule has 0 aromatic carbocycles. The minimum Gasteiger partial charge on any atom is -0.394 e. The van der Waals surface area contributed by atoms with Crippen molar-refractivity contribution in [1.29, 1.82) is 0 Å². The summed E-state index contributed by atoms with van der Waals surface area (Å²) in [7, 11) is 0. The molecule has 0 atom stereocenters. The van der Waals surface area contributed by atoms with Crippen LogP contribution in [0.15, 0.2) is 0 Å². The van der Waals surface area contributed by atoms with Crippen molar-refractivity contribution >= 4 is 5.91 Å². The second-order valence-corrected chi connectivity index (χ2v) is 4.28. The summed E-state index contributed by atoms with van der Waals surface area (Å²) < 4.78 is 0. The van der Waals surface area contributed by atoms with Crippen LogP contribution in [0.25, 0.3) is 0 Å². The summed E-state index contributed by atoms with van der Waals surface area (Å²) in [6.07, 6.45) is 0.341. The fraction of sp³-hybridized carbons (Fsp3) is 0.900. The largest absolute Gasteiger partial charge is 0.394 e. The van der Waals surface area contributed by atoms with Gasteiger partial charge in [0, 0.05) is 19.0 Å². The Hall–Kier alpha value is -0.650. The zero-order chi connectivity index (χ0) is 11.9. The lowest BCUT2D eigenvalue weighted by Crippen LogP contribution is -2.52. The lowest BCUT2D eigenvalue weighted by atomic mass is 10.1. The second kappa shape index (κ2) is 6.76. The molecule has 4 N–H and O–H groups in total. The van der Waals surface area contributed by atoms with E-state index in [9.17, 15) is 4.79 Å². The van der Waals surface area contributed by atoms with E-state index in [1.165, 1.54) is 0 Å². The Morgan fingerprint density at radius 2 is 1.87 bits per heavy atom. The lowest BCUT2D eigenvalue weighted by molar-refractivity contribution is -0.124. The lowest BCUT2D eigenvalue weighted by Gasteiger charge is -2.26. The smallest absolute Gasteiger partial charge is 0.221 e. The molecule has 0 aromatic rings. The fourth-order valence-corrected chi connectivity index (χ4v) is 1.00. The van der Waals surface area contributed by atoms with E-state index in [1.807, 2.05) is 13.8 Å². The molecular formula is C10H22N2O3. The Morgan fingerprint density at radius 1 is 1.33 bits per heavy atom. The number of nitrogens with one attached hydrogen (secondary N) is 2. The van der Waals surface area contributed by atoms with Gasteiger partial charge in [0.2, 0.25) is 5.91 Å². The van der Waals surface area contributed by atoms with Gasteiger partial charge >= 0.3 is 0 Å². The van der Waals surface area contributed by atoms with E-state index >= 15 is 0 Å². The second-order valence-electron chi connectivity index (χ2n) is 4.28. The maximum absolute atomic E-state index is 11.4. The van der Waals surface area contributed by atoms with Crippen LogP contribution in [-0.2, 0) is 4.79 Å². The van der Waals surface area contributed by atoms with Crippen LogP contribution in [0.1, 0.15) is 27.2 Å². The molecular weight excluding hydrogens is 196 g/mol. The Kier molecular flexibility index (Phi) is 6.47. The van der Waals surface area contributed by atoms with Crippen LogP contribution in [0.2, 0.25) is 0 Å². The zero-order valence-electron chi connectivity index (χ0n) is 9.71. The fourth-order valence-electron chi connectivity index (χ4n) is 1.00. The highest BCUT2D eigenvalue weighted by atomic mass is 16.3. The van der Waals surface area contributed by atoms with Crippen molar-refractivity contribution in [2.45, 2.75) is 38.8 Å². The van der Waals surface area contributed by atoms with Crippen molar-refractivity contribution in [1.82, 2.24) is 10.6 Å². The molecule has 0 saturated carbocycles. The molecule has 0 rings (SSSR count). The molecule has 15 heavy (non-hydrogen) atoms. The van der Waals surface area contributed by atoms with Crippen LogP contribution in [-0.4, -0.2) is 47.5 Å². The third-order valence-electron chi connectivity index (χ3n) is 2.04. The molecule has 0 aromatic heterocycles. The average molecular weight is 218 g/mol. The quantitative estimate of drug-likeness (QED) is 0.452. The third kappa shape index (κ3) is 6.43. The van der Waals surface area contributed by atoms with Gasteiger partial charge < -0.3 is 20.8 Å². The van der Waals surface area contributed by atoms with Gasteiger partial charge in [-0.1, -0.05) is 13.8 Å². The zero-order valence-corrected chi connectivity index (χ0v) is 9.71. The van der Waals surface area contributed by atoms with Gasteiger partial charge in [-0.15, -0.1) is 0 Å². The maximum atomic E-state index is 11.4. The molecule has 5 nitrogen and oxygen atoms in total. The van der Waals surface area contributed by atoms with Gasteiger partial charge in [0.05, 0.1) is 18.8 Å². The first-order chi connectivity index (χ1) is 6.93. The molecule has 5 heteroatoms. The third-order valence-corrected chi connectivity index (χ3v) is 2.04. The van der Waals surface area contributed by atoms with E-state index in [0.717, 1.165) is 0 Å². The number of aliphatic hydroxyl groups excluding tert-OH is 2. The average Bonchev–Trinajstić information content (AvgIpc) is 2.17. The van der Waals surface area contributed by atoms with Crippen LogP contribution in [0.4, 0.5) is 0 Å². The topological polar surface area (TPSA) is 81.6 Å². The molecule has 0 aliphatic carbocycles. The van der Waals surface area contributed by atoms with E-state index in [-0.39, 0.29) is 19.1 Å². The minimum atomic E-state index is -0.922. The van der Waals surface area contributed by atoms with Gasteiger partial charge in [-0.05, 0) is 6.92 Å². The van der Waals surface area contributed by atoms with E-state index in [0.29, 0.717) is 19.0 Å². The van der Waals surface area contributed by atoms with Gasteiger partial charge in [-0.2, -0.15) is 0 Å². The molecule has 0 radical (unpaired) electrons. The summed E-state index contributed by atoms with van der Waals surface area (Å²) in [5.74, 6) is -0.172. The van der Waals surface area contributed by atoms with Crippen molar-refractivity contribution in [2.75, 3.05) is 19.8 Å². The van der Waals surface area contributed by atoms with Crippen LogP contribution in [0.5, 0.6) is 0 Å². The molecule has 0 heterocycles. The summed E-state index contributed by atoms with van der Waals surface area (Å²) in [5.41, 5.74) is -0.922. The van der Waals surface area contributed by atoms with E-state index in [4.69, 9.17) is 10.2 Å². The van der Waals surface area contributed by atoms with Gasteiger partial charge in [0.15, 0.2) is 0 Å². The SMILES string of the molecule is CC(C)NCCC(=O)NC(C)(CO)CO. The monoisotopic (exact) mass is 218 g/mol. The van der Waals surface area contributed by atoms with Crippen LogP contribution < -0.4 is 10.6 Å². The van der Waals surface area contributed by atoms with Gasteiger partial charge in [0.1, 0.15) is 0 Å². The molecule has 0 bridgehead atoms. The molecule has 0 aliphatic heterocycles. The summed E-state index contributed by atoms with van der Waals surface area (Å²) in [6.45, 7) is 5.66. The first-order valence-corrected chi connectivity index (χ1v) is 5.19. The molecule has 0 aliphatic rings. The Balaban J connectivity index is 3.82. The first kappa shape index (κ1) is 14.3. The number of hydrogen-bond acceptors (Lipinski definition) is 4. The Bertz CT molecular complexity index is 191. The van der Waals surface area contributed by atoms with Gasteiger partial charge in [0.25, 0.3) is 0 Å². The molecule has 1 amide bonds. The highest BCUT2D eigenvalue weighted by molar-refractivity contribution is 5.76. The number of carbonyl (C=O) groups is 1.